The molecule has 1 unspecified atom stereocenters. The SMILES string of the molecule is CC(Cn1ccnc1C1CCN(C(C)C)CC1)Oc1cccnc1. The lowest BCUT2D eigenvalue weighted by Crippen LogP contribution is -2.38. The normalized spacial score (nSPS) is 18.0. The molecule has 5 heteroatoms. The topological polar surface area (TPSA) is 43.2 Å². The molecule has 1 atom stereocenters. The zero-order valence-electron chi connectivity index (χ0n) is 14.9. The maximum absolute atomic E-state index is 5.96. The summed E-state index contributed by atoms with van der Waals surface area (Å²) in [6.45, 7) is 9.79. The van der Waals surface area contributed by atoms with E-state index in [-0.39, 0.29) is 6.10 Å². The first-order valence-electron chi connectivity index (χ1n) is 8.95. The maximum atomic E-state index is 5.96. The van der Waals surface area contributed by atoms with E-state index in [4.69, 9.17) is 4.74 Å². The van der Waals surface area contributed by atoms with E-state index >= 15 is 0 Å². The summed E-state index contributed by atoms with van der Waals surface area (Å²) < 4.78 is 8.22. The van der Waals surface area contributed by atoms with Crippen LogP contribution in [0, 0.1) is 0 Å². The molecular weight excluding hydrogens is 300 g/mol. The summed E-state index contributed by atoms with van der Waals surface area (Å²) in [6, 6.07) is 4.48. The van der Waals surface area contributed by atoms with Crippen molar-refractivity contribution < 1.29 is 4.74 Å². The number of likely N-dealkylation sites (tertiary alicyclic amines) is 1. The first kappa shape index (κ1) is 17.0. The van der Waals surface area contributed by atoms with Crippen molar-refractivity contribution in [1.29, 1.82) is 0 Å². The third kappa shape index (κ3) is 4.15. The first-order chi connectivity index (χ1) is 11.6. The molecule has 0 aliphatic carbocycles. The highest BCUT2D eigenvalue weighted by molar-refractivity contribution is 5.15. The molecule has 1 aliphatic rings. The molecule has 0 saturated carbocycles. The van der Waals surface area contributed by atoms with Gasteiger partial charge in [0.15, 0.2) is 0 Å². The molecule has 3 heterocycles. The molecule has 0 amide bonds. The highest BCUT2D eigenvalue weighted by Gasteiger charge is 2.25. The minimum absolute atomic E-state index is 0.0814. The van der Waals surface area contributed by atoms with Gasteiger partial charge in [0.1, 0.15) is 17.7 Å². The van der Waals surface area contributed by atoms with Crippen molar-refractivity contribution in [2.75, 3.05) is 13.1 Å². The second kappa shape index (κ2) is 7.79. The smallest absolute Gasteiger partial charge is 0.138 e. The number of piperidine rings is 1. The zero-order valence-corrected chi connectivity index (χ0v) is 14.9. The molecule has 0 N–H and O–H groups in total. The van der Waals surface area contributed by atoms with Crippen LogP contribution in [0.15, 0.2) is 36.9 Å². The second-order valence-electron chi connectivity index (χ2n) is 6.96. The van der Waals surface area contributed by atoms with E-state index in [0.29, 0.717) is 12.0 Å². The van der Waals surface area contributed by atoms with Gasteiger partial charge in [0, 0.05) is 30.6 Å². The van der Waals surface area contributed by atoms with E-state index in [1.165, 1.54) is 18.7 Å². The van der Waals surface area contributed by atoms with Crippen LogP contribution in [0.3, 0.4) is 0 Å². The molecular formula is C19H28N4O. The highest BCUT2D eigenvalue weighted by Crippen LogP contribution is 2.28. The molecule has 1 aliphatic heterocycles. The van der Waals surface area contributed by atoms with Gasteiger partial charge in [0.2, 0.25) is 0 Å². The molecule has 24 heavy (non-hydrogen) atoms. The number of ether oxygens (including phenoxy) is 1. The van der Waals surface area contributed by atoms with Gasteiger partial charge in [-0.2, -0.15) is 0 Å². The lowest BCUT2D eigenvalue weighted by molar-refractivity contribution is 0.164. The first-order valence-corrected chi connectivity index (χ1v) is 8.95. The number of hydrogen-bond acceptors (Lipinski definition) is 4. The van der Waals surface area contributed by atoms with E-state index < -0.39 is 0 Å². The van der Waals surface area contributed by atoms with E-state index in [0.717, 1.165) is 25.4 Å². The Kier molecular flexibility index (Phi) is 5.51. The summed E-state index contributed by atoms with van der Waals surface area (Å²) in [4.78, 5) is 11.3. The maximum Gasteiger partial charge on any atom is 0.138 e. The van der Waals surface area contributed by atoms with Crippen LogP contribution in [0.4, 0.5) is 0 Å². The Balaban J connectivity index is 1.59. The standard InChI is InChI=1S/C19H28N4O/c1-15(2)22-10-6-17(7-11-22)19-21-9-12-23(19)14-16(3)24-18-5-4-8-20-13-18/h4-5,8-9,12-13,15-17H,6-7,10-11,14H2,1-3H3. The number of hydrogen-bond donors (Lipinski definition) is 0. The van der Waals surface area contributed by atoms with Gasteiger partial charge in [-0.1, -0.05) is 0 Å². The van der Waals surface area contributed by atoms with Gasteiger partial charge in [-0.3, -0.25) is 4.98 Å². The Morgan fingerprint density at radius 2 is 2.00 bits per heavy atom. The second-order valence-corrected chi connectivity index (χ2v) is 6.96. The minimum Gasteiger partial charge on any atom is -0.487 e. The van der Waals surface area contributed by atoms with Crippen LogP contribution in [0.2, 0.25) is 0 Å². The van der Waals surface area contributed by atoms with E-state index in [9.17, 15) is 0 Å². The molecule has 0 aromatic carbocycles. The van der Waals surface area contributed by atoms with Crippen molar-refractivity contribution in [1.82, 2.24) is 19.4 Å². The molecule has 0 radical (unpaired) electrons. The molecule has 1 saturated heterocycles. The predicted molar refractivity (Wildman–Crippen MR) is 95.2 cm³/mol. The van der Waals surface area contributed by atoms with Gasteiger partial charge in [-0.15, -0.1) is 0 Å². The Morgan fingerprint density at radius 1 is 1.21 bits per heavy atom. The van der Waals surface area contributed by atoms with Crippen LogP contribution >= 0.6 is 0 Å². The van der Waals surface area contributed by atoms with Crippen molar-refractivity contribution in [3.63, 3.8) is 0 Å². The lowest BCUT2D eigenvalue weighted by Gasteiger charge is -2.34. The summed E-state index contributed by atoms with van der Waals surface area (Å²) in [6.07, 6.45) is 9.97. The largest absolute Gasteiger partial charge is 0.487 e. The Morgan fingerprint density at radius 3 is 2.67 bits per heavy atom. The summed E-state index contributed by atoms with van der Waals surface area (Å²) in [5.74, 6) is 2.58. The van der Waals surface area contributed by atoms with Crippen molar-refractivity contribution in [2.24, 2.45) is 0 Å². The van der Waals surface area contributed by atoms with Crippen molar-refractivity contribution in [3.05, 3.63) is 42.7 Å². The van der Waals surface area contributed by atoms with Crippen LogP contribution in [0.1, 0.15) is 45.4 Å². The van der Waals surface area contributed by atoms with Gasteiger partial charge in [0.05, 0.1) is 12.7 Å². The fourth-order valence-electron chi connectivity index (χ4n) is 3.47. The Hall–Kier alpha value is -1.88. The molecule has 0 bridgehead atoms. The Labute approximate surface area is 144 Å². The van der Waals surface area contributed by atoms with E-state index in [1.54, 1.807) is 12.4 Å². The number of nitrogens with zero attached hydrogens (tertiary/aromatic N) is 4. The van der Waals surface area contributed by atoms with Crippen LogP contribution in [0.5, 0.6) is 5.75 Å². The van der Waals surface area contributed by atoms with Gasteiger partial charge in [-0.25, -0.2) is 4.98 Å². The predicted octanol–water partition coefficient (Wildman–Crippen LogP) is 3.33. The zero-order chi connectivity index (χ0) is 16.9. The van der Waals surface area contributed by atoms with Gasteiger partial charge < -0.3 is 14.2 Å². The summed E-state index contributed by atoms with van der Waals surface area (Å²) in [5.41, 5.74) is 0. The van der Waals surface area contributed by atoms with E-state index in [1.807, 2.05) is 18.3 Å². The summed E-state index contributed by atoms with van der Waals surface area (Å²) in [7, 11) is 0. The van der Waals surface area contributed by atoms with Crippen molar-refractivity contribution in [2.45, 2.75) is 58.2 Å². The van der Waals surface area contributed by atoms with E-state index in [2.05, 4.69) is 46.4 Å². The van der Waals surface area contributed by atoms with Crippen LogP contribution < -0.4 is 4.74 Å². The van der Waals surface area contributed by atoms with Crippen LogP contribution in [-0.4, -0.2) is 44.7 Å². The van der Waals surface area contributed by atoms with Gasteiger partial charge in [-0.05, 0) is 58.8 Å². The molecule has 2 aromatic rings. The quantitative estimate of drug-likeness (QED) is 0.816. The molecule has 3 rings (SSSR count). The van der Waals surface area contributed by atoms with Crippen LogP contribution in [0.25, 0.3) is 0 Å². The number of aromatic nitrogens is 3. The van der Waals surface area contributed by atoms with Crippen LogP contribution in [-0.2, 0) is 6.54 Å². The number of pyridine rings is 1. The average Bonchev–Trinajstić information content (AvgIpc) is 3.03. The minimum atomic E-state index is 0.0814. The monoisotopic (exact) mass is 328 g/mol. The summed E-state index contributed by atoms with van der Waals surface area (Å²) in [5, 5.41) is 0. The third-order valence-electron chi connectivity index (χ3n) is 4.80. The Bertz CT molecular complexity index is 617. The van der Waals surface area contributed by atoms with Crippen molar-refractivity contribution >= 4 is 0 Å². The van der Waals surface area contributed by atoms with Gasteiger partial charge >= 0.3 is 0 Å². The molecule has 1 fully saturated rings. The fraction of sp³-hybridized carbons (Fsp3) is 0.579. The average molecular weight is 328 g/mol. The summed E-state index contributed by atoms with van der Waals surface area (Å²) >= 11 is 0. The molecule has 0 spiro atoms. The third-order valence-corrected chi connectivity index (χ3v) is 4.80. The fourth-order valence-corrected chi connectivity index (χ4v) is 3.47. The van der Waals surface area contributed by atoms with Crippen molar-refractivity contribution in [3.8, 4) is 5.75 Å². The molecule has 5 nitrogen and oxygen atoms in total. The molecule has 2 aromatic heterocycles. The molecule has 130 valence electrons. The highest BCUT2D eigenvalue weighted by atomic mass is 16.5. The number of rotatable bonds is 6. The lowest BCUT2D eigenvalue weighted by atomic mass is 9.95. The van der Waals surface area contributed by atoms with Gasteiger partial charge in [0.25, 0.3) is 0 Å². The number of imidazole rings is 1.